The molecule has 0 spiro atoms. The molecule has 2 aromatic carbocycles. The summed E-state index contributed by atoms with van der Waals surface area (Å²) in [4.78, 5) is 26.7. The lowest BCUT2D eigenvalue weighted by molar-refractivity contribution is 0.0449. The Morgan fingerprint density at radius 3 is 2.21 bits per heavy atom. The SMILES string of the molecule is C=CCc1cccc(C=C(OC(C)(C)C)C(=O)c2ccc(C(=O)N(C)C)cc2)c1. The van der Waals surface area contributed by atoms with Gasteiger partial charge < -0.3 is 9.64 Å². The molecule has 4 nitrogen and oxygen atoms in total. The van der Waals surface area contributed by atoms with E-state index in [-0.39, 0.29) is 17.4 Å². The third kappa shape index (κ3) is 6.46. The van der Waals surface area contributed by atoms with Crippen LogP contribution < -0.4 is 0 Å². The Hall–Kier alpha value is -3.14. The topological polar surface area (TPSA) is 46.6 Å². The first-order valence-corrected chi connectivity index (χ1v) is 9.57. The van der Waals surface area contributed by atoms with E-state index in [0.29, 0.717) is 11.1 Å². The molecule has 29 heavy (non-hydrogen) atoms. The lowest BCUT2D eigenvalue weighted by atomic mass is 10.0. The number of hydrogen-bond donors (Lipinski definition) is 0. The van der Waals surface area contributed by atoms with E-state index in [1.165, 1.54) is 4.90 Å². The number of Topliss-reactive ketones (excluding diaryl/α,β-unsaturated/α-hetero) is 1. The quantitative estimate of drug-likeness (QED) is 0.284. The fraction of sp³-hybridized carbons (Fsp3) is 0.280. The van der Waals surface area contributed by atoms with E-state index in [4.69, 9.17) is 4.74 Å². The van der Waals surface area contributed by atoms with Crippen molar-refractivity contribution in [2.75, 3.05) is 14.1 Å². The molecule has 0 aromatic heterocycles. The average molecular weight is 392 g/mol. The first-order chi connectivity index (χ1) is 13.6. The van der Waals surface area contributed by atoms with Gasteiger partial charge in [-0.25, -0.2) is 0 Å². The minimum atomic E-state index is -0.527. The zero-order chi connectivity index (χ0) is 21.6. The van der Waals surface area contributed by atoms with Crippen LogP contribution in [0.1, 0.15) is 52.6 Å². The van der Waals surface area contributed by atoms with Gasteiger partial charge >= 0.3 is 0 Å². The molecule has 0 aliphatic rings. The predicted molar refractivity (Wildman–Crippen MR) is 118 cm³/mol. The number of ether oxygens (including phenoxy) is 1. The third-order valence-electron chi connectivity index (χ3n) is 4.07. The molecule has 0 radical (unpaired) electrons. The number of carbonyl (C=O) groups excluding carboxylic acids is 2. The summed E-state index contributed by atoms with van der Waals surface area (Å²) in [5.74, 6) is -0.0671. The van der Waals surface area contributed by atoms with E-state index >= 15 is 0 Å². The highest BCUT2D eigenvalue weighted by molar-refractivity contribution is 6.10. The molecule has 0 saturated heterocycles. The highest BCUT2D eigenvalue weighted by Crippen LogP contribution is 2.22. The molecule has 4 heteroatoms. The second kappa shape index (κ2) is 9.37. The van der Waals surface area contributed by atoms with Crippen LogP contribution in [0.2, 0.25) is 0 Å². The Morgan fingerprint density at radius 1 is 1.03 bits per heavy atom. The highest BCUT2D eigenvalue weighted by Gasteiger charge is 2.21. The van der Waals surface area contributed by atoms with Crippen molar-refractivity contribution in [2.24, 2.45) is 0 Å². The molecule has 0 heterocycles. The zero-order valence-electron chi connectivity index (χ0n) is 17.9. The standard InChI is InChI=1S/C25H29NO3/c1-7-9-18-10-8-11-19(16-18)17-22(29-25(2,3)4)23(27)20-12-14-21(15-13-20)24(28)26(5)6/h7-8,10-17H,1,9H2,2-6H3. The number of benzene rings is 2. The van der Waals surface area contributed by atoms with Gasteiger partial charge in [0.2, 0.25) is 5.78 Å². The van der Waals surface area contributed by atoms with Gasteiger partial charge in [0, 0.05) is 25.2 Å². The molecule has 0 unspecified atom stereocenters. The van der Waals surface area contributed by atoms with E-state index in [2.05, 4.69) is 6.58 Å². The largest absolute Gasteiger partial charge is 0.484 e. The van der Waals surface area contributed by atoms with Gasteiger partial charge in [0.1, 0.15) is 5.60 Å². The van der Waals surface area contributed by atoms with Gasteiger partial charge in [-0.3, -0.25) is 9.59 Å². The predicted octanol–water partition coefficient (Wildman–Crippen LogP) is 5.16. The van der Waals surface area contributed by atoms with Gasteiger partial charge in [-0.1, -0.05) is 42.5 Å². The van der Waals surface area contributed by atoms with Crippen LogP contribution in [-0.2, 0) is 11.2 Å². The summed E-state index contributed by atoms with van der Waals surface area (Å²) in [5.41, 5.74) is 2.48. The van der Waals surface area contributed by atoms with E-state index in [0.717, 1.165) is 17.5 Å². The summed E-state index contributed by atoms with van der Waals surface area (Å²) in [6.07, 6.45) is 4.36. The van der Waals surface area contributed by atoms with Gasteiger partial charge in [-0.2, -0.15) is 0 Å². The Balaban J connectivity index is 2.39. The minimum Gasteiger partial charge on any atom is -0.484 e. The summed E-state index contributed by atoms with van der Waals surface area (Å²) in [7, 11) is 3.39. The van der Waals surface area contributed by atoms with E-state index in [1.807, 2.05) is 51.1 Å². The lowest BCUT2D eigenvalue weighted by Gasteiger charge is -2.23. The van der Waals surface area contributed by atoms with Crippen LogP contribution in [0, 0.1) is 0 Å². The molecular formula is C25H29NO3. The molecule has 0 fully saturated rings. The summed E-state index contributed by atoms with van der Waals surface area (Å²) in [6, 6.07) is 14.6. The molecular weight excluding hydrogens is 362 g/mol. The van der Waals surface area contributed by atoms with Gasteiger partial charge in [-0.15, -0.1) is 6.58 Å². The summed E-state index contributed by atoms with van der Waals surface area (Å²) in [5, 5.41) is 0. The normalized spacial score (nSPS) is 11.7. The Morgan fingerprint density at radius 2 is 1.66 bits per heavy atom. The number of amides is 1. The molecule has 0 bridgehead atoms. The second-order valence-corrected chi connectivity index (χ2v) is 8.07. The number of ketones is 1. The van der Waals surface area contributed by atoms with Crippen LogP contribution in [0.4, 0.5) is 0 Å². The van der Waals surface area contributed by atoms with Crippen molar-refractivity contribution in [1.82, 2.24) is 4.90 Å². The summed E-state index contributed by atoms with van der Waals surface area (Å²) < 4.78 is 5.99. The third-order valence-corrected chi connectivity index (χ3v) is 4.07. The number of rotatable bonds is 7. The van der Waals surface area contributed by atoms with Crippen LogP contribution >= 0.6 is 0 Å². The van der Waals surface area contributed by atoms with Crippen LogP contribution in [0.5, 0.6) is 0 Å². The van der Waals surface area contributed by atoms with Crippen molar-refractivity contribution in [1.29, 1.82) is 0 Å². The van der Waals surface area contributed by atoms with Crippen LogP contribution in [0.3, 0.4) is 0 Å². The Bertz CT molecular complexity index is 916. The van der Waals surface area contributed by atoms with Gasteiger partial charge in [0.25, 0.3) is 5.91 Å². The molecule has 152 valence electrons. The Kier molecular flexibility index (Phi) is 7.16. The summed E-state index contributed by atoms with van der Waals surface area (Å²) >= 11 is 0. The van der Waals surface area contributed by atoms with Crippen molar-refractivity contribution < 1.29 is 14.3 Å². The maximum atomic E-state index is 13.1. The van der Waals surface area contributed by atoms with E-state index in [1.54, 1.807) is 44.4 Å². The van der Waals surface area contributed by atoms with Crippen LogP contribution in [0.25, 0.3) is 6.08 Å². The molecule has 0 aliphatic carbocycles. The van der Waals surface area contributed by atoms with Crippen molar-refractivity contribution >= 4 is 17.8 Å². The van der Waals surface area contributed by atoms with Crippen molar-refractivity contribution in [2.45, 2.75) is 32.8 Å². The van der Waals surface area contributed by atoms with Gasteiger partial charge in [0.15, 0.2) is 5.76 Å². The Labute approximate surface area is 173 Å². The smallest absolute Gasteiger partial charge is 0.253 e. The fourth-order valence-electron chi connectivity index (χ4n) is 2.76. The summed E-state index contributed by atoms with van der Waals surface area (Å²) in [6.45, 7) is 9.48. The molecule has 0 saturated carbocycles. The van der Waals surface area contributed by atoms with Gasteiger partial charge in [-0.05, 0) is 56.5 Å². The van der Waals surface area contributed by atoms with Crippen LogP contribution in [-0.4, -0.2) is 36.3 Å². The van der Waals surface area contributed by atoms with Crippen molar-refractivity contribution in [3.05, 3.63) is 89.2 Å². The maximum absolute atomic E-state index is 13.1. The monoisotopic (exact) mass is 391 g/mol. The van der Waals surface area contributed by atoms with Gasteiger partial charge in [0.05, 0.1) is 0 Å². The fourth-order valence-corrected chi connectivity index (χ4v) is 2.76. The molecule has 2 rings (SSSR count). The molecule has 2 aromatic rings. The molecule has 0 aliphatic heterocycles. The van der Waals surface area contributed by atoms with E-state index in [9.17, 15) is 9.59 Å². The minimum absolute atomic E-state index is 0.107. The molecule has 0 atom stereocenters. The van der Waals surface area contributed by atoms with E-state index < -0.39 is 5.60 Å². The first kappa shape index (κ1) is 22.2. The second-order valence-electron chi connectivity index (χ2n) is 8.07. The molecule has 1 amide bonds. The van der Waals surface area contributed by atoms with Crippen molar-refractivity contribution in [3.8, 4) is 0 Å². The van der Waals surface area contributed by atoms with Crippen molar-refractivity contribution in [3.63, 3.8) is 0 Å². The van der Waals surface area contributed by atoms with Crippen LogP contribution in [0.15, 0.2) is 66.9 Å². The zero-order valence-corrected chi connectivity index (χ0v) is 17.9. The number of nitrogens with zero attached hydrogens (tertiary/aromatic N) is 1. The average Bonchev–Trinajstić information content (AvgIpc) is 2.66. The number of hydrogen-bond acceptors (Lipinski definition) is 3. The molecule has 0 N–H and O–H groups in total. The lowest BCUT2D eigenvalue weighted by Crippen LogP contribution is -2.23. The number of carbonyl (C=O) groups is 2. The first-order valence-electron chi connectivity index (χ1n) is 9.57. The number of allylic oxidation sites excluding steroid dienone is 2. The maximum Gasteiger partial charge on any atom is 0.253 e. The highest BCUT2D eigenvalue weighted by atomic mass is 16.5.